The maximum atomic E-state index is 11.5. The standard InChI is InChI=1S/C14H21ClN2O2S/c1-11(2)16-10-12-13(15)4-3-5-14(12)17-6-8-20(18,19)9-7-17/h3-5,11,16H,6-10H2,1-2H3. The molecule has 0 atom stereocenters. The Balaban J connectivity index is 2.21. The summed E-state index contributed by atoms with van der Waals surface area (Å²) in [4.78, 5) is 2.12. The summed E-state index contributed by atoms with van der Waals surface area (Å²) in [5.41, 5.74) is 2.09. The van der Waals surface area contributed by atoms with Gasteiger partial charge in [-0.25, -0.2) is 8.42 Å². The normalized spacial score (nSPS) is 18.5. The fourth-order valence-electron chi connectivity index (χ4n) is 2.28. The minimum atomic E-state index is -2.86. The van der Waals surface area contributed by atoms with E-state index in [2.05, 4.69) is 24.1 Å². The highest BCUT2D eigenvalue weighted by atomic mass is 35.5. The fourth-order valence-corrected chi connectivity index (χ4v) is 3.72. The molecule has 1 aliphatic heterocycles. The lowest BCUT2D eigenvalue weighted by molar-refractivity contribution is 0.582. The molecule has 0 saturated carbocycles. The van der Waals surface area contributed by atoms with Gasteiger partial charge in [0.1, 0.15) is 0 Å². The molecule has 6 heteroatoms. The minimum Gasteiger partial charge on any atom is -0.369 e. The van der Waals surface area contributed by atoms with E-state index >= 15 is 0 Å². The molecule has 1 saturated heterocycles. The summed E-state index contributed by atoms with van der Waals surface area (Å²) in [5, 5.41) is 4.09. The smallest absolute Gasteiger partial charge is 0.153 e. The predicted molar refractivity (Wildman–Crippen MR) is 84.3 cm³/mol. The zero-order valence-corrected chi connectivity index (χ0v) is 13.5. The number of hydrogen-bond acceptors (Lipinski definition) is 4. The zero-order valence-electron chi connectivity index (χ0n) is 11.9. The Morgan fingerprint density at radius 2 is 1.95 bits per heavy atom. The van der Waals surface area contributed by atoms with Crippen molar-refractivity contribution in [3.05, 3.63) is 28.8 Å². The van der Waals surface area contributed by atoms with Crippen molar-refractivity contribution in [3.8, 4) is 0 Å². The zero-order chi connectivity index (χ0) is 14.8. The van der Waals surface area contributed by atoms with Gasteiger partial charge in [0, 0.05) is 41.9 Å². The molecule has 0 unspecified atom stereocenters. The molecule has 1 N–H and O–H groups in total. The Hall–Kier alpha value is -0.780. The molecule has 112 valence electrons. The summed E-state index contributed by atoms with van der Waals surface area (Å²) in [6.45, 7) is 5.94. The molecular weight excluding hydrogens is 296 g/mol. The highest BCUT2D eigenvalue weighted by Crippen LogP contribution is 2.28. The Labute approximate surface area is 126 Å². The number of benzene rings is 1. The van der Waals surface area contributed by atoms with Crippen LogP contribution in [0.15, 0.2) is 18.2 Å². The van der Waals surface area contributed by atoms with Crippen molar-refractivity contribution >= 4 is 27.1 Å². The summed E-state index contributed by atoms with van der Waals surface area (Å²) in [5.74, 6) is 0.438. The van der Waals surface area contributed by atoms with E-state index in [0.717, 1.165) is 16.3 Å². The first-order valence-electron chi connectivity index (χ1n) is 6.85. The lowest BCUT2D eigenvalue weighted by Gasteiger charge is -2.31. The molecule has 2 rings (SSSR count). The van der Waals surface area contributed by atoms with Gasteiger partial charge in [-0.15, -0.1) is 0 Å². The number of sulfone groups is 1. The second-order valence-corrected chi connectivity index (χ2v) is 8.12. The highest BCUT2D eigenvalue weighted by Gasteiger charge is 2.23. The van der Waals surface area contributed by atoms with Crippen LogP contribution in [-0.4, -0.2) is 39.1 Å². The number of nitrogens with zero attached hydrogens (tertiary/aromatic N) is 1. The van der Waals surface area contributed by atoms with Crippen LogP contribution in [0.1, 0.15) is 19.4 Å². The van der Waals surface area contributed by atoms with Crippen LogP contribution in [0.3, 0.4) is 0 Å². The molecule has 1 aromatic rings. The van der Waals surface area contributed by atoms with E-state index in [-0.39, 0.29) is 11.5 Å². The van der Waals surface area contributed by atoms with Gasteiger partial charge in [0.15, 0.2) is 9.84 Å². The molecule has 1 heterocycles. The van der Waals surface area contributed by atoms with Crippen LogP contribution >= 0.6 is 11.6 Å². The fraction of sp³-hybridized carbons (Fsp3) is 0.571. The highest BCUT2D eigenvalue weighted by molar-refractivity contribution is 7.91. The van der Waals surface area contributed by atoms with Crippen molar-refractivity contribution in [2.45, 2.75) is 26.4 Å². The van der Waals surface area contributed by atoms with Crippen molar-refractivity contribution in [1.29, 1.82) is 0 Å². The van der Waals surface area contributed by atoms with Gasteiger partial charge < -0.3 is 10.2 Å². The van der Waals surface area contributed by atoms with Gasteiger partial charge >= 0.3 is 0 Å². The average molecular weight is 317 g/mol. The summed E-state index contributed by atoms with van der Waals surface area (Å²) < 4.78 is 23.1. The second-order valence-electron chi connectivity index (χ2n) is 5.41. The Kier molecular flexibility index (Phi) is 4.94. The Morgan fingerprint density at radius 3 is 2.55 bits per heavy atom. The molecule has 4 nitrogen and oxygen atoms in total. The van der Waals surface area contributed by atoms with Gasteiger partial charge in [0.05, 0.1) is 11.5 Å². The first-order chi connectivity index (χ1) is 9.39. The molecular formula is C14H21ClN2O2S. The van der Waals surface area contributed by atoms with E-state index in [9.17, 15) is 8.42 Å². The number of rotatable bonds is 4. The van der Waals surface area contributed by atoms with Gasteiger partial charge in [0.2, 0.25) is 0 Å². The van der Waals surface area contributed by atoms with Gasteiger partial charge in [-0.05, 0) is 12.1 Å². The summed E-state index contributed by atoms with van der Waals surface area (Å²) >= 11 is 6.30. The van der Waals surface area contributed by atoms with Crippen molar-refractivity contribution < 1.29 is 8.42 Å². The Bertz CT molecular complexity index is 559. The van der Waals surface area contributed by atoms with Crippen molar-refractivity contribution in [1.82, 2.24) is 5.32 Å². The van der Waals surface area contributed by atoms with Crippen LogP contribution in [0.4, 0.5) is 5.69 Å². The minimum absolute atomic E-state index is 0.219. The quantitative estimate of drug-likeness (QED) is 0.924. The van der Waals surface area contributed by atoms with Crippen molar-refractivity contribution in [2.24, 2.45) is 0 Å². The lowest BCUT2D eigenvalue weighted by Crippen LogP contribution is -2.41. The predicted octanol–water partition coefficient (Wildman–Crippen LogP) is 2.07. The van der Waals surface area contributed by atoms with Gasteiger partial charge in [0.25, 0.3) is 0 Å². The van der Waals surface area contributed by atoms with Crippen LogP contribution in [0, 0.1) is 0 Å². The van der Waals surface area contributed by atoms with Crippen LogP contribution in [0.5, 0.6) is 0 Å². The third-order valence-corrected chi connectivity index (χ3v) is 5.43. The topological polar surface area (TPSA) is 49.4 Å². The van der Waals surface area contributed by atoms with Gasteiger partial charge in [-0.2, -0.15) is 0 Å². The lowest BCUT2D eigenvalue weighted by atomic mass is 10.1. The third-order valence-electron chi connectivity index (χ3n) is 3.47. The molecule has 1 fully saturated rings. The summed E-state index contributed by atoms with van der Waals surface area (Å²) in [6.07, 6.45) is 0. The SMILES string of the molecule is CC(C)NCc1c(Cl)cccc1N1CCS(=O)(=O)CC1. The molecule has 0 radical (unpaired) electrons. The van der Waals surface area contributed by atoms with Crippen LogP contribution < -0.4 is 10.2 Å². The Morgan fingerprint density at radius 1 is 1.30 bits per heavy atom. The van der Waals surface area contributed by atoms with Gasteiger partial charge in [-0.3, -0.25) is 0 Å². The largest absolute Gasteiger partial charge is 0.369 e. The van der Waals surface area contributed by atoms with E-state index in [0.29, 0.717) is 25.7 Å². The second kappa shape index (κ2) is 6.33. The molecule has 1 aromatic carbocycles. The molecule has 0 aromatic heterocycles. The van der Waals surface area contributed by atoms with Crippen LogP contribution in [0.25, 0.3) is 0 Å². The third kappa shape index (κ3) is 3.87. The first kappa shape index (κ1) is 15.6. The number of hydrogen-bond donors (Lipinski definition) is 1. The molecule has 0 bridgehead atoms. The maximum absolute atomic E-state index is 11.5. The van der Waals surface area contributed by atoms with Crippen LogP contribution in [0.2, 0.25) is 5.02 Å². The van der Waals surface area contributed by atoms with E-state index in [1.807, 2.05) is 18.2 Å². The molecule has 0 spiro atoms. The van der Waals surface area contributed by atoms with E-state index in [1.165, 1.54) is 0 Å². The van der Waals surface area contributed by atoms with Gasteiger partial charge in [-0.1, -0.05) is 31.5 Å². The maximum Gasteiger partial charge on any atom is 0.153 e. The van der Waals surface area contributed by atoms with Crippen molar-refractivity contribution in [2.75, 3.05) is 29.5 Å². The van der Waals surface area contributed by atoms with E-state index < -0.39 is 9.84 Å². The van der Waals surface area contributed by atoms with Crippen molar-refractivity contribution in [3.63, 3.8) is 0 Å². The molecule has 0 aliphatic carbocycles. The first-order valence-corrected chi connectivity index (χ1v) is 9.05. The average Bonchev–Trinajstić information content (AvgIpc) is 2.37. The number of nitrogens with one attached hydrogen (secondary N) is 1. The van der Waals surface area contributed by atoms with Crippen LogP contribution in [-0.2, 0) is 16.4 Å². The monoisotopic (exact) mass is 316 g/mol. The summed E-state index contributed by atoms with van der Waals surface area (Å²) in [7, 11) is -2.86. The molecule has 0 amide bonds. The van der Waals surface area contributed by atoms with E-state index in [4.69, 9.17) is 11.6 Å². The summed E-state index contributed by atoms with van der Waals surface area (Å²) in [6, 6.07) is 6.19. The molecule has 1 aliphatic rings. The number of halogens is 1. The number of anilines is 1. The molecule has 20 heavy (non-hydrogen) atoms. The van der Waals surface area contributed by atoms with E-state index in [1.54, 1.807) is 0 Å².